The molecule has 1 saturated heterocycles. The Kier molecular flexibility index (Phi) is 3.92. The smallest absolute Gasteiger partial charge is 0.156 e. The molecule has 1 aliphatic heterocycles. The fraction of sp³-hybridized carbons (Fsp3) is 0.294. The Balaban J connectivity index is 1.73. The highest BCUT2D eigenvalue weighted by atomic mass is 16.6. The van der Waals surface area contributed by atoms with Gasteiger partial charge in [0.1, 0.15) is 5.69 Å². The number of imidazole rings is 2. The highest BCUT2D eigenvalue weighted by molar-refractivity contribution is 5.75. The van der Waals surface area contributed by atoms with E-state index >= 15 is 0 Å². The van der Waals surface area contributed by atoms with Crippen molar-refractivity contribution >= 4 is 0 Å². The van der Waals surface area contributed by atoms with Crippen LogP contribution in [0.1, 0.15) is 0 Å². The SMILES string of the molecule is c1ccc(-c2ncn(C[C@H]3COCCO3)c2-c2ncc[nH]2)cc1. The maximum atomic E-state index is 5.76. The van der Waals surface area contributed by atoms with Crippen molar-refractivity contribution in [2.75, 3.05) is 19.8 Å². The summed E-state index contributed by atoms with van der Waals surface area (Å²) >= 11 is 0. The highest BCUT2D eigenvalue weighted by Crippen LogP contribution is 2.29. The van der Waals surface area contributed by atoms with E-state index in [1.165, 1.54) is 0 Å². The Labute approximate surface area is 134 Å². The lowest BCUT2D eigenvalue weighted by atomic mass is 10.1. The number of benzene rings is 1. The van der Waals surface area contributed by atoms with Gasteiger partial charge in [0.05, 0.1) is 44.5 Å². The Hall–Kier alpha value is -2.44. The van der Waals surface area contributed by atoms with E-state index in [4.69, 9.17) is 9.47 Å². The van der Waals surface area contributed by atoms with Crippen LogP contribution >= 0.6 is 0 Å². The third-order valence-corrected chi connectivity index (χ3v) is 3.89. The fourth-order valence-corrected chi connectivity index (χ4v) is 2.83. The molecule has 1 N–H and O–H groups in total. The van der Waals surface area contributed by atoms with Crippen LogP contribution in [-0.2, 0) is 16.0 Å². The first-order chi connectivity index (χ1) is 11.4. The molecule has 0 amide bonds. The van der Waals surface area contributed by atoms with Gasteiger partial charge < -0.3 is 19.0 Å². The van der Waals surface area contributed by atoms with Gasteiger partial charge in [-0.1, -0.05) is 30.3 Å². The molecule has 1 atom stereocenters. The van der Waals surface area contributed by atoms with Gasteiger partial charge in [-0.25, -0.2) is 9.97 Å². The zero-order valence-electron chi connectivity index (χ0n) is 12.7. The summed E-state index contributed by atoms with van der Waals surface area (Å²) in [6.45, 7) is 2.61. The summed E-state index contributed by atoms with van der Waals surface area (Å²) in [5, 5.41) is 0. The molecule has 4 rings (SSSR count). The molecule has 1 aromatic carbocycles. The average molecular weight is 310 g/mol. The van der Waals surface area contributed by atoms with Gasteiger partial charge in [0.25, 0.3) is 0 Å². The zero-order valence-corrected chi connectivity index (χ0v) is 12.7. The van der Waals surface area contributed by atoms with Crippen LogP contribution in [0.15, 0.2) is 49.1 Å². The summed E-state index contributed by atoms with van der Waals surface area (Å²) in [6.07, 6.45) is 5.46. The molecule has 23 heavy (non-hydrogen) atoms. The Morgan fingerprint density at radius 1 is 1.17 bits per heavy atom. The number of hydrogen-bond acceptors (Lipinski definition) is 4. The largest absolute Gasteiger partial charge is 0.376 e. The van der Waals surface area contributed by atoms with Crippen molar-refractivity contribution in [1.29, 1.82) is 0 Å². The van der Waals surface area contributed by atoms with Gasteiger partial charge in [-0.2, -0.15) is 0 Å². The molecular weight excluding hydrogens is 292 g/mol. The van der Waals surface area contributed by atoms with Crippen LogP contribution < -0.4 is 0 Å². The van der Waals surface area contributed by atoms with Crippen LogP contribution in [0.5, 0.6) is 0 Å². The number of rotatable bonds is 4. The maximum Gasteiger partial charge on any atom is 0.156 e. The highest BCUT2D eigenvalue weighted by Gasteiger charge is 2.21. The molecule has 118 valence electrons. The summed E-state index contributed by atoms with van der Waals surface area (Å²) < 4.78 is 13.3. The molecule has 0 saturated carbocycles. The molecule has 0 spiro atoms. The van der Waals surface area contributed by atoms with Crippen molar-refractivity contribution in [3.63, 3.8) is 0 Å². The van der Waals surface area contributed by atoms with Crippen molar-refractivity contribution in [2.24, 2.45) is 0 Å². The van der Waals surface area contributed by atoms with Crippen molar-refractivity contribution in [3.05, 3.63) is 49.1 Å². The molecule has 3 heterocycles. The van der Waals surface area contributed by atoms with Gasteiger partial charge in [-0.05, 0) is 0 Å². The molecule has 0 bridgehead atoms. The van der Waals surface area contributed by atoms with E-state index in [0.717, 1.165) is 22.8 Å². The normalized spacial score (nSPS) is 18.2. The van der Waals surface area contributed by atoms with Gasteiger partial charge in [0, 0.05) is 18.0 Å². The van der Waals surface area contributed by atoms with Gasteiger partial charge in [-0.15, -0.1) is 0 Å². The summed E-state index contributed by atoms with van der Waals surface area (Å²) in [7, 11) is 0. The maximum absolute atomic E-state index is 5.76. The molecule has 1 fully saturated rings. The molecule has 6 heteroatoms. The van der Waals surface area contributed by atoms with E-state index in [0.29, 0.717) is 26.4 Å². The molecule has 2 aromatic heterocycles. The number of H-pyrrole nitrogens is 1. The standard InChI is InChI=1S/C17H18N4O2/c1-2-4-13(5-3-1)15-16(17-18-6-7-19-17)21(12-20-15)10-14-11-22-8-9-23-14/h1-7,12,14H,8-11H2,(H,18,19)/t14-/m0/s1. The van der Waals surface area contributed by atoms with Crippen LogP contribution in [0.25, 0.3) is 22.8 Å². The second-order valence-electron chi connectivity index (χ2n) is 5.47. The minimum atomic E-state index is 0.0373. The molecule has 1 aliphatic rings. The molecule has 0 aliphatic carbocycles. The molecule has 0 radical (unpaired) electrons. The lowest BCUT2D eigenvalue weighted by Gasteiger charge is -2.23. The lowest BCUT2D eigenvalue weighted by Crippen LogP contribution is -2.32. The fourth-order valence-electron chi connectivity index (χ4n) is 2.83. The van der Waals surface area contributed by atoms with Gasteiger partial charge in [0.15, 0.2) is 5.82 Å². The summed E-state index contributed by atoms with van der Waals surface area (Å²) in [5.74, 6) is 0.804. The van der Waals surface area contributed by atoms with Crippen LogP contribution in [0, 0.1) is 0 Å². The Morgan fingerprint density at radius 2 is 2.09 bits per heavy atom. The Bertz CT molecular complexity index is 746. The van der Waals surface area contributed by atoms with Crippen LogP contribution in [0.4, 0.5) is 0 Å². The van der Waals surface area contributed by atoms with Crippen LogP contribution in [-0.4, -0.2) is 45.4 Å². The molecular formula is C17H18N4O2. The second kappa shape index (κ2) is 6.36. The molecule has 3 aromatic rings. The zero-order chi connectivity index (χ0) is 15.5. The predicted molar refractivity (Wildman–Crippen MR) is 85.8 cm³/mol. The second-order valence-corrected chi connectivity index (χ2v) is 5.47. The minimum Gasteiger partial charge on any atom is -0.376 e. The minimum absolute atomic E-state index is 0.0373. The first kappa shape index (κ1) is 14.2. The van der Waals surface area contributed by atoms with E-state index in [1.807, 2.05) is 30.7 Å². The number of aromatic nitrogens is 4. The first-order valence-corrected chi connectivity index (χ1v) is 7.71. The quantitative estimate of drug-likeness (QED) is 0.803. The van der Waals surface area contributed by atoms with Crippen molar-refractivity contribution in [1.82, 2.24) is 19.5 Å². The number of aromatic amines is 1. The third kappa shape index (κ3) is 2.91. The van der Waals surface area contributed by atoms with E-state index in [9.17, 15) is 0 Å². The predicted octanol–water partition coefficient (Wildman–Crippen LogP) is 2.36. The number of nitrogens with one attached hydrogen (secondary N) is 1. The van der Waals surface area contributed by atoms with E-state index in [1.54, 1.807) is 6.20 Å². The number of ether oxygens (including phenoxy) is 2. The first-order valence-electron chi connectivity index (χ1n) is 7.71. The van der Waals surface area contributed by atoms with Crippen molar-refractivity contribution < 1.29 is 9.47 Å². The molecule has 0 unspecified atom stereocenters. The van der Waals surface area contributed by atoms with Crippen molar-refractivity contribution in [2.45, 2.75) is 12.6 Å². The van der Waals surface area contributed by atoms with Gasteiger partial charge in [0.2, 0.25) is 0 Å². The summed E-state index contributed by atoms with van der Waals surface area (Å²) in [4.78, 5) is 12.2. The summed E-state index contributed by atoms with van der Waals surface area (Å²) in [5.41, 5.74) is 2.95. The van der Waals surface area contributed by atoms with Crippen LogP contribution in [0.3, 0.4) is 0 Å². The monoisotopic (exact) mass is 310 g/mol. The average Bonchev–Trinajstić information content (AvgIpc) is 3.26. The number of nitrogens with zero attached hydrogens (tertiary/aromatic N) is 3. The van der Waals surface area contributed by atoms with Gasteiger partial charge >= 0.3 is 0 Å². The third-order valence-electron chi connectivity index (χ3n) is 3.89. The topological polar surface area (TPSA) is 65.0 Å². The van der Waals surface area contributed by atoms with Crippen LogP contribution in [0.2, 0.25) is 0 Å². The van der Waals surface area contributed by atoms with E-state index in [-0.39, 0.29) is 6.10 Å². The number of hydrogen-bond donors (Lipinski definition) is 1. The van der Waals surface area contributed by atoms with E-state index < -0.39 is 0 Å². The summed E-state index contributed by atoms with van der Waals surface area (Å²) in [6, 6.07) is 10.1. The Morgan fingerprint density at radius 3 is 2.83 bits per heavy atom. The van der Waals surface area contributed by atoms with Crippen molar-refractivity contribution in [3.8, 4) is 22.8 Å². The van der Waals surface area contributed by atoms with E-state index in [2.05, 4.69) is 31.7 Å². The molecule has 6 nitrogen and oxygen atoms in total. The van der Waals surface area contributed by atoms with Gasteiger partial charge in [-0.3, -0.25) is 0 Å². The lowest BCUT2D eigenvalue weighted by molar-refractivity contribution is -0.0934.